The number of amides is 1. The summed E-state index contributed by atoms with van der Waals surface area (Å²) in [7, 11) is 0. The number of nitrogens with one attached hydrogen (secondary N) is 3. The summed E-state index contributed by atoms with van der Waals surface area (Å²) < 4.78 is 0. The zero-order valence-corrected chi connectivity index (χ0v) is 13.0. The Balaban J connectivity index is 1.73. The van der Waals surface area contributed by atoms with Gasteiger partial charge in [-0.15, -0.1) is 0 Å². The highest BCUT2D eigenvalue weighted by molar-refractivity contribution is 6.00. The van der Waals surface area contributed by atoms with Gasteiger partial charge in [-0.05, 0) is 18.2 Å². The molecule has 0 fully saturated rings. The molecule has 3 heterocycles. The van der Waals surface area contributed by atoms with Crippen molar-refractivity contribution in [3.63, 3.8) is 0 Å². The standard InChI is InChI=1S/C17H13N7O/c1-2-16(25)23-15-6-14-11(7-18-15)17(20-9-19-14)22-12-4-3-5-13-10(12)8-21-24-13/h2-9H,1H2,(H,21,24)(H,18,23,25)(H,19,20,22). The Morgan fingerprint density at radius 3 is 2.96 bits per heavy atom. The summed E-state index contributed by atoms with van der Waals surface area (Å²) in [4.78, 5) is 24.2. The summed E-state index contributed by atoms with van der Waals surface area (Å²) in [6.45, 7) is 3.42. The van der Waals surface area contributed by atoms with Crippen molar-refractivity contribution < 1.29 is 4.79 Å². The normalized spacial score (nSPS) is 10.7. The Bertz CT molecular complexity index is 1100. The Morgan fingerprint density at radius 1 is 1.16 bits per heavy atom. The lowest BCUT2D eigenvalue weighted by atomic mass is 10.2. The molecule has 0 aliphatic heterocycles. The SMILES string of the molecule is C=CC(=O)Nc1cc2ncnc(Nc3cccc4[nH]ncc34)c2cn1. The first kappa shape index (κ1) is 14.8. The number of aromatic amines is 1. The lowest BCUT2D eigenvalue weighted by molar-refractivity contribution is -0.111. The van der Waals surface area contributed by atoms with Gasteiger partial charge in [-0.2, -0.15) is 5.10 Å². The third kappa shape index (κ3) is 2.76. The van der Waals surface area contributed by atoms with E-state index in [1.807, 2.05) is 18.2 Å². The van der Waals surface area contributed by atoms with E-state index >= 15 is 0 Å². The van der Waals surface area contributed by atoms with Gasteiger partial charge >= 0.3 is 0 Å². The Morgan fingerprint density at radius 2 is 2.08 bits per heavy atom. The summed E-state index contributed by atoms with van der Waals surface area (Å²) in [5, 5.41) is 14.6. The van der Waals surface area contributed by atoms with Gasteiger partial charge in [0.1, 0.15) is 18.0 Å². The molecule has 3 aromatic heterocycles. The molecule has 25 heavy (non-hydrogen) atoms. The highest BCUT2D eigenvalue weighted by Gasteiger charge is 2.09. The second-order valence-corrected chi connectivity index (χ2v) is 5.26. The molecule has 1 amide bonds. The smallest absolute Gasteiger partial charge is 0.248 e. The molecule has 0 aliphatic carbocycles. The Kier molecular flexibility index (Phi) is 3.55. The van der Waals surface area contributed by atoms with Crippen LogP contribution < -0.4 is 10.6 Å². The van der Waals surface area contributed by atoms with Crippen LogP contribution in [0.4, 0.5) is 17.3 Å². The summed E-state index contributed by atoms with van der Waals surface area (Å²) in [5.41, 5.74) is 2.46. The molecule has 3 N–H and O–H groups in total. The van der Waals surface area contributed by atoms with Crippen molar-refractivity contribution in [2.24, 2.45) is 0 Å². The highest BCUT2D eigenvalue weighted by Crippen LogP contribution is 2.27. The maximum Gasteiger partial charge on any atom is 0.248 e. The van der Waals surface area contributed by atoms with Crippen LogP contribution in [-0.4, -0.2) is 31.1 Å². The van der Waals surface area contributed by atoms with E-state index in [2.05, 4.69) is 42.4 Å². The fourth-order valence-corrected chi connectivity index (χ4v) is 2.50. The van der Waals surface area contributed by atoms with Crippen molar-refractivity contribution >= 4 is 45.0 Å². The first-order valence-electron chi connectivity index (χ1n) is 7.48. The van der Waals surface area contributed by atoms with E-state index in [0.29, 0.717) is 17.2 Å². The van der Waals surface area contributed by atoms with Crippen LogP contribution in [0.15, 0.2) is 55.6 Å². The number of aromatic nitrogens is 5. The molecule has 0 unspecified atom stereocenters. The van der Waals surface area contributed by atoms with Crippen LogP contribution in [0.5, 0.6) is 0 Å². The van der Waals surface area contributed by atoms with Crippen LogP contribution in [0.25, 0.3) is 21.8 Å². The maximum absolute atomic E-state index is 11.4. The molecule has 0 spiro atoms. The van der Waals surface area contributed by atoms with Crippen molar-refractivity contribution in [2.45, 2.75) is 0 Å². The van der Waals surface area contributed by atoms with Crippen LogP contribution in [0, 0.1) is 0 Å². The number of nitrogens with zero attached hydrogens (tertiary/aromatic N) is 4. The zero-order chi connectivity index (χ0) is 17.2. The van der Waals surface area contributed by atoms with E-state index < -0.39 is 0 Å². The number of rotatable bonds is 4. The van der Waals surface area contributed by atoms with Crippen LogP contribution >= 0.6 is 0 Å². The number of anilines is 3. The van der Waals surface area contributed by atoms with Crippen LogP contribution in [0.1, 0.15) is 0 Å². The molecule has 1 aromatic carbocycles. The predicted octanol–water partition coefficient (Wildman–Crippen LogP) is 2.77. The molecule has 4 rings (SSSR count). The minimum Gasteiger partial charge on any atom is -0.339 e. The van der Waals surface area contributed by atoms with Gasteiger partial charge in [0, 0.05) is 17.6 Å². The van der Waals surface area contributed by atoms with E-state index in [0.717, 1.165) is 22.0 Å². The van der Waals surface area contributed by atoms with Crippen molar-refractivity contribution in [3.8, 4) is 0 Å². The van der Waals surface area contributed by atoms with Gasteiger partial charge in [0.05, 0.1) is 28.3 Å². The number of pyridine rings is 1. The van der Waals surface area contributed by atoms with Gasteiger partial charge in [0.25, 0.3) is 0 Å². The molecule has 0 aliphatic rings. The molecule has 0 bridgehead atoms. The van der Waals surface area contributed by atoms with Crippen LogP contribution in [0.3, 0.4) is 0 Å². The van der Waals surface area contributed by atoms with Gasteiger partial charge in [-0.25, -0.2) is 15.0 Å². The Labute approximate surface area is 142 Å². The van der Waals surface area contributed by atoms with Crippen molar-refractivity contribution in [2.75, 3.05) is 10.6 Å². The average Bonchev–Trinajstić information content (AvgIpc) is 3.11. The number of benzene rings is 1. The number of H-pyrrole nitrogens is 1. The van der Waals surface area contributed by atoms with Crippen molar-refractivity contribution in [1.82, 2.24) is 25.1 Å². The molecular weight excluding hydrogens is 318 g/mol. The quantitative estimate of drug-likeness (QED) is 0.496. The third-order valence-corrected chi connectivity index (χ3v) is 3.70. The lowest BCUT2D eigenvalue weighted by Gasteiger charge is -2.10. The second kappa shape index (κ2) is 6.00. The fourth-order valence-electron chi connectivity index (χ4n) is 2.50. The molecule has 8 heteroatoms. The largest absolute Gasteiger partial charge is 0.339 e. The van der Waals surface area contributed by atoms with E-state index in [4.69, 9.17) is 0 Å². The molecule has 0 saturated heterocycles. The van der Waals surface area contributed by atoms with E-state index in [1.165, 1.54) is 12.4 Å². The number of hydrogen-bond acceptors (Lipinski definition) is 6. The van der Waals surface area contributed by atoms with Gasteiger partial charge in [0.2, 0.25) is 5.91 Å². The summed E-state index contributed by atoms with van der Waals surface area (Å²) in [6, 6.07) is 7.50. The fraction of sp³-hybridized carbons (Fsp3) is 0. The lowest BCUT2D eigenvalue weighted by Crippen LogP contribution is -2.08. The number of carbonyl (C=O) groups is 1. The number of hydrogen-bond donors (Lipinski definition) is 3. The predicted molar refractivity (Wildman–Crippen MR) is 95.5 cm³/mol. The summed E-state index contributed by atoms with van der Waals surface area (Å²) >= 11 is 0. The van der Waals surface area contributed by atoms with Crippen molar-refractivity contribution in [3.05, 3.63) is 55.6 Å². The zero-order valence-electron chi connectivity index (χ0n) is 13.0. The van der Waals surface area contributed by atoms with E-state index in [-0.39, 0.29) is 5.91 Å². The monoisotopic (exact) mass is 331 g/mol. The molecule has 0 atom stereocenters. The molecule has 0 saturated carbocycles. The van der Waals surface area contributed by atoms with E-state index in [1.54, 1.807) is 18.5 Å². The first-order chi connectivity index (χ1) is 12.2. The van der Waals surface area contributed by atoms with Gasteiger partial charge in [-0.3, -0.25) is 9.89 Å². The molecule has 0 radical (unpaired) electrons. The summed E-state index contributed by atoms with van der Waals surface area (Å²) in [5.74, 6) is 0.692. The second-order valence-electron chi connectivity index (χ2n) is 5.26. The first-order valence-corrected chi connectivity index (χ1v) is 7.48. The molecule has 122 valence electrons. The Hall–Kier alpha value is -3.81. The average molecular weight is 331 g/mol. The van der Waals surface area contributed by atoms with Crippen molar-refractivity contribution in [1.29, 1.82) is 0 Å². The van der Waals surface area contributed by atoms with Gasteiger partial charge < -0.3 is 10.6 Å². The van der Waals surface area contributed by atoms with Crippen LogP contribution in [-0.2, 0) is 4.79 Å². The minimum atomic E-state index is -0.328. The third-order valence-electron chi connectivity index (χ3n) is 3.70. The molecular formula is C17H13N7O. The summed E-state index contributed by atoms with van der Waals surface area (Å²) in [6.07, 6.45) is 6.01. The maximum atomic E-state index is 11.4. The highest BCUT2D eigenvalue weighted by atomic mass is 16.1. The molecule has 4 aromatic rings. The minimum absolute atomic E-state index is 0.328. The van der Waals surface area contributed by atoms with Gasteiger partial charge in [0.15, 0.2) is 0 Å². The van der Waals surface area contributed by atoms with Crippen LogP contribution in [0.2, 0.25) is 0 Å². The number of fused-ring (bicyclic) bond motifs is 2. The number of carbonyl (C=O) groups excluding carboxylic acids is 1. The topological polar surface area (TPSA) is 108 Å². The van der Waals surface area contributed by atoms with E-state index in [9.17, 15) is 4.79 Å². The van der Waals surface area contributed by atoms with Gasteiger partial charge in [-0.1, -0.05) is 12.6 Å². The molecule has 8 nitrogen and oxygen atoms in total.